The number of rotatable bonds is 10. The van der Waals surface area contributed by atoms with Crippen molar-refractivity contribution in [2.45, 2.75) is 44.2 Å². The first-order valence-corrected chi connectivity index (χ1v) is 10.6. The van der Waals surface area contributed by atoms with Crippen molar-refractivity contribution in [2.24, 2.45) is 0 Å². The maximum absolute atomic E-state index is 12.5. The van der Waals surface area contributed by atoms with Gasteiger partial charge in [0.1, 0.15) is 12.6 Å². The molecule has 9 heteroatoms. The predicted molar refractivity (Wildman–Crippen MR) is 118 cm³/mol. The first kappa shape index (κ1) is 23.8. The Bertz CT molecular complexity index is 1020. The molecule has 9 nitrogen and oxygen atoms in total. The van der Waals surface area contributed by atoms with Crippen LogP contribution in [0.15, 0.2) is 48.5 Å². The lowest BCUT2D eigenvalue weighted by atomic mass is 9.98. The molecule has 0 fully saturated rings. The second kappa shape index (κ2) is 11.1. The second-order valence-corrected chi connectivity index (χ2v) is 7.64. The molecule has 33 heavy (non-hydrogen) atoms. The topological polar surface area (TPSA) is 138 Å². The van der Waals surface area contributed by atoms with Gasteiger partial charge in [0, 0.05) is 12.3 Å². The number of carboxylic acid groups (broad SMARTS) is 1. The third-order valence-electron chi connectivity index (χ3n) is 5.42. The molecule has 2 aromatic rings. The van der Waals surface area contributed by atoms with E-state index in [-0.39, 0.29) is 25.4 Å². The van der Waals surface area contributed by atoms with E-state index in [0.29, 0.717) is 6.42 Å². The van der Waals surface area contributed by atoms with Crippen LogP contribution < -0.4 is 10.8 Å². The standard InChI is InChI=1S/C24H25N3O6/c1-15(23(29)30)33-27-22(28)21(12-6-7-13-25)26-24(31)32-14-20-18-10-4-2-8-16(18)17-9-3-5-11-19(17)20/h2-5,8-11,15,20-21H,6-7,12,14H2,1H3,(H,26,31)(H,27,28)(H,29,30). The summed E-state index contributed by atoms with van der Waals surface area (Å²) >= 11 is 0. The van der Waals surface area contributed by atoms with E-state index in [1.165, 1.54) is 6.92 Å². The number of carbonyl (C=O) groups is 3. The lowest BCUT2D eigenvalue weighted by Gasteiger charge is -2.20. The zero-order valence-electron chi connectivity index (χ0n) is 18.1. The number of aliphatic carboxylic acids is 1. The summed E-state index contributed by atoms with van der Waals surface area (Å²) in [6.45, 7) is 1.34. The first-order valence-electron chi connectivity index (χ1n) is 10.6. The van der Waals surface area contributed by atoms with Gasteiger partial charge >= 0.3 is 12.1 Å². The zero-order chi connectivity index (χ0) is 23.8. The van der Waals surface area contributed by atoms with Gasteiger partial charge in [0.2, 0.25) is 0 Å². The average Bonchev–Trinajstić information content (AvgIpc) is 3.14. The highest BCUT2D eigenvalue weighted by Gasteiger charge is 2.30. The Hall–Kier alpha value is -3.90. The molecule has 2 atom stereocenters. The van der Waals surface area contributed by atoms with E-state index in [9.17, 15) is 14.4 Å². The predicted octanol–water partition coefficient (Wildman–Crippen LogP) is 3.11. The number of hydroxylamine groups is 1. The van der Waals surface area contributed by atoms with Gasteiger partial charge in [-0.3, -0.25) is 9.63 Å². The number of hydrogen-bond acceptors (Lipinski definition) is 6. The van der Waals surface area contributed by atoms with Crippen molar-refractivity contribution in [3.63, 3.8) is 0 Å². The van der Waals surface area contributed by atoms with E-state index >= 15 is 0 Å². The van der Waals surface area contributed by atoms with Crippen molar-refractivity contribution >= 4 is 18.0 Å². The highest BCUT2D eigenvalue weighted by atomic mass is 16.7. The van der Waals surface area contributed by atoms with Crippen molar-refractivity contribution in [3.05, 3.63) is 59.7 Å². The summed E-state index contributed by atoms with van der Waals surface area (Å²) in [5, 5.41) is 20.1. The van der Waals surface area contributed by atoms with Crippen LogP contribution in [0.5, 0.6) is 0 Å². The number of nitriles is 1. The molecule has 1 aliphatic carbocycles. The maximum Gasteiger partial charge on any atom is 0.407 e. The number of carbonyl (C=O) groups excluding carboxylic acids is 2. The number of benzene rings is 2. The summed E-state index contributed by atoms with van der Waals surface area (Å²) in [5.41, 5.74) is 6.36. The van der Waals surface area contributed by atoms with Gasteiger partial charge in [-0.25, -0.2) is 15.1 Å². The largest absolute Gasteiger partial charge is 0.479 e. The zero-order valence-corrected chi connectivity index (χ0v) is 18.1. The van der Waals surface area contributed by atoms with Crippen LogP contribution in [0.3, 0.4) is 0 Å². The molecule has 172 valence electrons. The molecule has 3 N–H and O–H groups in total. The molecule has 2 amide bonds. The Kier molecular flexibility index (Phi) is 8.00. The fourth-order valence-corrected chi connectivity index (χ4v) is 3.70. The van der Waals surface area contributed by atoms with E-state index in [4.69, 9.17) is 19.9 Å². The molecule has 0 saturated heterocycles. The number of ether oxygens (including phenoxy) is 1. The molecule has 1 aliphatic rings. The minimum Gasteiger partial charge on any atom is -0.479 e. The fourth-order valence-electron chi connectivity index (χ4n) is 3.70. The SMILES string of the molecule is CC(ONC(=O)C(CCCC#N)NC(=O)OCC1c2ccccc2-c2ccccc21)C(=O)O. The Morgan fingerprint density at radius 3 is 2.27 bits per heavy atom. The van der Waals surface area contributed by atoms with Crippen LogP contribution in [0, 0.1) is 11.3 Å². The molecule has 0 heterocycles. The summed E-state index contributed by atoms with van der Waals surface area (Å²) in [6, 6.07) is 16.8. The highest BCUT2D eigenvalue weighted by molar-refractivity contribution is 5.85. The minimum absolute atomic E-state index is 0.0823. The maximum atomic E-state index is 12.5. The lowest BCUT2D eigenvalue weighted by molar-refractivity contribution is -0.159. The smallest absolute Gasteiger partial charge is 0.407 e. The molecular formula is C24H25N3O6. The number of fused-ring (bicyclic) bond motifs is 3. The Balaban J connectivity index is 1.62. The van der Waals surface area contributed by atoms with Gasteiger partial charge < -0.3 is 15.2 Å². The molecule has 0 radical (unpaired) electrons. The number of hydrogen-bond donors (Lipinski definition) is 3. The number of nitrogens with zero attached hydrogens (tertiary/aromatic N) is 1. The van der Waals surface area contributed by atoms with Crippen molar-refractivity contribution in [2.75, 3.05) is 6.61 Å². The van der Waals surface area contributed by atoms with Gasteiger partial charge in [-0.1, -0.05) is 48.5 Å². The first-order chi connectivity index (χ1) is 15.9. The van der Waals surface area contributed by atoms with E-state index in [2.05, 4.69) is 5.32 Å². The minimum atomic E-state index is -1.26. The average molecular weight is 451 g/mol. The van der Waals surface area contributed by atoms with Gasteiger partial charge in [-0.2, -0.15) is 5.26 Å². The second-order valence-electron chi connectivity index (χ2n) is 7.64. The highest BCUT2D eigenvalue weighted by Crippen LogP contribution is 2.44. The quantitative estimate of drug-likeness (QED) is 0.373. The van der Waals surface area contributed by atoms with Crippen LogP contribution in [0.25, 0.3) is 11.1 Å². The van der Waals surface area contributed by atoms with Crippen LogP contribution >= 0.6 is 0 Å². The van der Waals surface area contributed by atoms with Crippen LogP contribution in [0.4, 0.5) is 4.79 Å². The van der Waals surface area contributed by atoms with Gasteiger partial charge in [0.25, 0.3) is 5.91 Å². The van der Waals surface area contributed by atoms with Crippen LogP contribution in [0.2, 0.25) is 0 Å². The number of unbranched alkanes of at least 4 members (excludes halogenated alkanes) is 1. The Labute approximate surface area is 191 Å². The van der Waals surface area contributed by atoms with Gasteiger partial charge in [-0.05, 0) is 42.0 Å². The Morgan fingerprint density at radius 2 is 1.70 bits per heavy atom. The number of carboxylic acids is 1. The summed E-state index contributed by atoms with van der Waals surface area (Å²) in [5.74, 6) is -2.11. The fraction of sp³-hybridized carbons (Fsp3) is 0.333. The Morgan fingerprint density at radius 1 is 1.09 bits per heavy atom. The summed E-state index contributed by atoms with van der Waals surface area (Å²) < 4.78 is 5.46. The number of amides is 2. The summed E-state index contributed by atoms with van der Waals surface area (Å²) in [7, 11) is 0. The van der Waals surface area contributed by atoms with Crippen LogP contribution in [-0.4, -0.2) is 41.8 Å². The van der Waals surface area contributed by atoms with Gasteiger partial charge in [-0.15, -0.1) is 0 Å². The van der Waals surface area contributed by atoms with Crippen molar-refractivity contribution in [3.8, 4) is 17.2 Å². The van der Waals surface area contributed by atoms with Gasteiger partial charge in [0.15, 0.2) is 6.10 Å². The van der Waals surface area contributed by atoms with Crippen LogP contribution in [-0.2, 0) is 19.2 Å². The summed E-state index contributed by atoms with van der Waals surface area (Å²) in [6.07, 6.45) is -1.34. The molecular weight excluding hydrogens is 426 g/mol. The van der Waals surface area contributed by atoms with Crippen molar-refractivity contribution < 1.29 is 29.1 Å². The molecule has 2 aromatic carbocycles. The van der Waals surface area contributed by atoms with Gasteiger partial charge in [0.05, 0.1) is 6.07 Å². The molecule has 0 saturated carbocycles. The molecule has 0 aliphatic heterocycles. The number of alkyl carbamates (subject to hydrolysis) is 1. The normalized spacial score (nSPS) is 13.7. The monoisotopic (exact) mass is 451 g/mol. The summed E-state index contributed by atoms with van der Waals surface area (Å²) in [4.78, 5) is 40.6. The van der Waals surface area contributed by atoms with E-state index in [1.807, 2.05) is 60.1 Å². The van der Waals surface area contributed by atoms with E-state index in [0.717, 1.165) is 22.3 Å². The van der Waals surface area contributed by atoms with E-state index in [1.54, 1.807) is 0 Å². The molecule has 0 spiro atoms. The molecule has 0 bridgehead atoms. The van der Waals surface area contributed by atoms with Crippen molar-refractivity contribution in [1.82, 2.24) is 10.8 Å². The molecule has 0 aromatic heterocycles. The third-order valence-corrected chi connectivity index (χ3v) is 5.42. The lowest BCUT2D eigenvalue weighted by Crippen LogP contribution is -2.48. The van der Waals surface area contributed by atoms with E-state index < -0.39 is 30.1 Å². The van der Waals surface area contributed by atoms with Crippen LogP contribution in [0.1, 0.15) is 43.2 Å². The third kappa shape index (κ3) is 5.87. The molecule has 3 rings (SSSR count). The number of nitrogens with one attached hydrogen (secondary N) is 2. The van der Waals surface area contributed by atoms with Crippen molar-refractivity contribution in [1.29, 1.82) is 5.26 Å². The molecule has 2 unspecified atom stereocenters.